The van der Waals surface area contributed by atoms with Gasteiger partial charge in [-0.1, -0.05) is 12.8 Å². The summed E-state index contributed by atoms with van der Waals surface area (Å²) < 4.78 is 0. The van der Waals surface area contributed by atoms with Crippen LogP contribution in [0.1, 0.15) is 39.5 Å². The number of likely N-dealkylation sites (N-methyl/N-ethyl adjacent to an activating group) is 1. The summed E-state index contributed by atoms with van der Waals surface area (Å²) in [6.45, 7) is 4.28. The normalized spacial score (nSPS) is 16.1. The zero-order chi connectivity index (χ0) is 17.5. The molecular weight excluding hydrogens is 294 g/mol. The van der Waals surface area contributed by atoms with Crippen LogP contribution in [0.5, 0.6) is 0 Å². The molecule has 7 heteroatoms. The fourth-order valence-electron chi connectivity index (χ4n) is 2.43. The van der Waals surface area contributed by atoms with E-state index in [1.807, 2.05) is 13.8 Å². The molecule has 0 radical (unpaired) electrons. The Labute approximate surface area is 139 Å². The summed E-state index contributed by atoms with van der Waals surface area (Å²) in [6.07, 6.45) is 4.65. The van der Waals surface area contributed by atoms with Crippen LogP contribution < -0.4 is 16.0 Å². The molecule has 1 aliphatic carbocycles. The molecule has 0 spiro atoms. The Morgan fingerprint density at radius 1 is 1.22 bits per heavy atom. The largest absolute Gasteiger partial charge is 0.359 e. The van der Waals surface area contributed by atoms with Crippen LogP contribution in [-0.2, 0) is 9.59 Å². The van der Waals surface area contributed by atoms with E-state index in [2.05, 4.69) is 20.9 Å². The van der Waals surface area contributed by atoms with E-state index < -0.39 is 5.41 Å². The van der Waals surface area contributed by atoms with Crippen LogP contribution in [0.15, 0.2) is 4.99 Å². The maximum absolute atomic E-state index is 11.9. The fraction of sp³-hybridized carbons (Fsp3) is 0.812. The Balaban J connectivity index is 2.68. The van der Waals surface area contributed by atoms with E-state index in [9.17, 15) is 9.59 Å². The van der Waals surface area contributed by atoms with Gasteiger partial charge in [-0.2, -0.15) is 0 Å². The molecule has 1 rings (SSSR count). The summed E-state index contributed by atoms with van der Waals surface area (Å²) in [7, 11) is 5.06. The van der Waals surface area contributed by atoms with Gasteiger partial charge in [0.2, 0.25) is 11.8 Å². The first-order chi connectivity index (χ1) is 10.8. The maximum Gasteiger partial charge on any atom is 0.243 e. The number of guanidine groups is 1. The van der Waals surface area contributed by atoms with Crippen molar-refractivity contribution in [2.75, 3.05) is 34.2 Å². The number of hydrogen-bond acceptors (Lipinski definition) is 3. The molecule has 3 N–H and O–H groups in total. The van der Waals surface area contributed by atoms with Crippen molar-refractivity contribution >= 4 is 17.8 Å². The summed E-state index contributed by atoms with van der Waals surface area (Å²) in [5.41, 5.74) is -0.557. The summed E-state index contributed by atoms with van der Waals surface area (Å²) in [4.78, 5) is 29.5. The van der Waals surface area contributed by atoms with E-state index in [0.29, 0.717) is 18.5 Å². The molecule has 1 fully saturated rings. The Bertz CT molecular complexity index is 440. The third-order valence-corrected chi connectivity index (χ3v) is 4.11. The number of nitrogens with zero attached hydrogens (tertiary/aromatic N) is 2. The van der Waals surface area contributed by atoms with Crippen molar-refractivity contribution in [1.82, 2.24) is 20.9 Å². The number of amides is 2. The lowest BCUT2D eigenvalue weighted by molar-refractivity contribution is -0.128. The highest BCUT2D eigenvalue weighted by atomic mass is 16.2. The molecular formula is C16H31N5O2. The van der Waals surface area contributed by atoms with Gasteiger partial charge in [0.05, 0.1) is 5.41 Å². The molecule has 0 aromatic rings. The highest BCUT2D eigenvalue weighted by Crippen LogP contribution is 2.17. The average Bonchev–Trinajstić information content (AvgIpc) is 3.01. The van der Waals surface area contributed by atoms with Crippen LogP contribution in [0.2, 0.25) is 0 Å². The zero-order valence-corrected chi connectivity index (χ0v) is 15.0. The van der Waals surface area contributed by atoms with Gasteiger partial charge in [-0.05, 0) is 26.7 Å². The van der Waals surface area contributed by atoms with E-state index in [-0.39, 0.29) is 18.4 Å². The molecule has 0 aromatic heterocycles. The average molecular weight is 325 g/mol. The van der Waals surface area contributed by atoms with Crippen LogP contribution in [0.4, 0.5) is 0 Å². The number of carbonyl (C=O) groups excluding carboxylic acids is 2. The van der Waals surface area contributed by atoms with Crippen molar-refractivity contribution < 1.29 is 9.59 Å². The first-order valence-corrected chi connectivity index (χ1v) is 8.23. The Hall–Kier alpha value is -1.79. The SMILES string of the molecule is CNC(=O)C(C)(C)CNC(=NCC(=O)N(C)C)NC1CCCC1. The highest BCUT2D eigenvalue weighted by molar-refractivity contribution is 5.86. The third kappa shape index (κ3) is 6.46. The van der Waals surface area contributed by atoms with Crippen molar-refractivity contribution in [2.24, 2.45) is 10.4 Å². The van der Waals surface area contributed by atoms with Crippen molar-refractivity contribution in [1.29, 1.82) is 0 Å². The highest BCUT2D eigenvalue weighted by Gasteiger charge is 2.27. The van der Waals surface area contributed by atoms with Gasteiger partial charge in [-0.25, -0.2) is 4.99 Å². The topological polar surface area (TPSA) is 85.8 Å². The predicted molar refractivity (Wildman–Crippen MR) is 92.2 cm³/mol. The second kappa shape index (κ2) is 8.74. The Morgan fingerprint density at radius 2 is 1.83 bits per heavy atom. The van der Waals surface area contributed by atoms with Crippen molar-refractivity contribution in [3.63, 3.8) is 0 Å². The number of hydrogen-bond donors (Lipinski definition) is 3. The third-order valence-electron chi connectivity index (χ3n) is 4.11. The van der Waals surface area contributed by atoms with Gasteiger partial charge in [0.25, 0.3) is 0 Å². The lowest BCUT2D eigenvalue weighted by Gasteiger charge is -2.25. The molecule has 0 unspecified atom stereocenters. The van der Waals surface area contributed by atoms with Crippen molar-refractivity contribution in [2.45, 2.75) is 45.6 Å². The Morgan fingerprint density at radius 3 is 2.35 bits per heavy atom. The maximum atomic E-state index is 11.9. The van der Waals surface area contributed by atoms with Gasteiger partial charge in [0.15, 0.2) is 5.96 Å². The van der Waals surface area contributed by atoms with E-state index >= 15 is 0 Å². The van der Waals surface area contributed by atoms with Crippen molar-refractivity contribution in [3.05, 3.63) is 0 Å². The molecule has 7 nitrogen and oxygen atoms in total. The minimum Gasteiger partial charge on any atom is -0.359 e. The lowest BCUT2D eigenvalue weighted by Crippen LogP contribution is -2.49. The zero-order valence-electron chi connectivity index (χ0n) is 15.0. The molecule has 0 aliphatic heterocycles. The van der Waals surface area contributed by atoms with Gasteiger partial charge < -0.3 is 20.9 Å². The van der Waals surface area contributed by atoms with Crippen LogP contribution >= 0.6 is 0 Å². The second-order valence-corrected chi connectivity index (χ2v) is 6.90. The Kier molecular flexibility index (Phi) is 7.32. The van der Waals surface area contributed by atoms with Gasteiger partial charge in [0.1, 0.15) is 6.54 Å². The van der Waals surface area contributed by atoms with Crippen LogP contribution in [0.25, 0.3) is 0 Å². The number of rotatable bonds is 6. The van der Waals surface area contributed by atoms with Gasteiger partial charge >= 0.3 is 0 Å². The van der Waals surface area contributed by atoms with Gasteiger partial charge in [0, 0.05) is 33.7 Å². The monoisotopic (exact) mass is 325 g/mol. The molecule has 0 aromatic carbocycles. The number of aliphatic imine (C=N–C) groups is 1. The van der Waals surface area contributed by atoms with Crippen LogP contribution in [0.3, 0.4) is 0 Å². The smallest absolute Gasteiger partial charge is 0.243 e. The summed E-state index contributed by atoms with van der Waals surface area (Å²) in [5, 5.41) is 9.25. The molecule has 0 heterocycles. The fourth-order valence-corrected chi connectivity index (χ4v) is 2.43. The van der Waals surface area contributed by atoms with Crippen LogP contribution in [0, 0.1) is 5.41 Å². The van der Waals surface area contributed by atoms with Crippen molar-refractivity contribution in [3.8, 4) is 0 Å². The van der Waals surface area contributed by atoms with Gasteiger partial charge in [-0.15, -0.1) is 0 Å². The van der Waals surface area contributed by atoms with E-state index in [1.165, 1.54) is 17.7 Å². The van der Waals surface area contributed by atoms with E-state index in [0.717, 1.165) is 12.8 Å². The molecule has 1 aliphatic rings. The first kappa shape index (κ1) is 19.3. The lowest BCUT2D eigenvalue weighted by atomic mass is 9.92. The molecule has 1 saturated carbocycles. The minimum atomic E-state index is -0.557. The van der Waals surface area contributed by atoms with Crippen LogP contribution in [-0.4, -0.2) is 62.9 Å². The standard InChI is InChI=1S/C16H31N5O2/c1-16(2,14(23)17-3)11-19-15(18-10-13(22)21(4)5)20-12-8-6-7-9-12/h12H,6-11H2,1-5H3,(H,17,23)(H2,18,19,20). The van der Waals surface area contributed by atoms with E-state index in [4.69, 9.17) is 0 Å². The van der Waals surface area contributed by atoms with Gasteiger partial charge in [-0.3, -0.25) is 9.59 Å². The molecule has 0 atom stereocenters. The molecule has 2 amide bonds. The molecule has 0 bridgehead atoms. The minimum absolute atomic E-state index is 0.0328. The summed E-state index contributed by atoms with van der Waals surface area (Å²) >= 11 is 0. The molecule has 23 heavy (non-hydrogen) atoms. The number of nitrogens with one attached hydrogen (secondary N) is 3. The quantitative estimate of drug-likeness (QED) is 0.485. The second-order valence-electron chi connectivity index (χ2n) is 6.90. The molecule has 0 saturated heterocycles. The first-order valence-electron chi connectivity index (χ1n) is 8.23. The molecule has 132 valence electrons. The number of carbonyl (C=O) groups is 2. The summed E-state index contributed by atoms with van der Waals surface area (Å²) in [5.74, 6) is 0.516. The van der Waals surface area contributed by atoms with E-state index in [1.54, 1.807) is 21.1 Å². The summed E-state index contributed by atoms with van der Waals surface area (Å²) in [6, 6.07) is 0.388. The predicted octanol–water partition coefficient (Wildman–Crippen LogP) is 0.325.